The SMILES string of the molecule is CC.CC/C(=C/CCC(=O)O)CC(C)C(C)(C)C(C)CC.CCCCCC1CCC(=O)C1(C)C. The predicted molar refractivity (Wildman–Crippen MR) is 149 cm³/mol. The van der Waals surface area contributed by atoms with E-state index in [1.54, 1.807) is 0 Å². The number of ketones is 1. The minimum absolute atomic E-state index is 0.0201. The zero-order valence-electron chi connectivity index (χ0n) is 24.9. The lowest BCUT2D eigenvalue weighted by atomic mass is 9.68. The zero-order chi connectivity index (χ0) is 26.9. The Bertz CT molecular complexity index is 585. The Morgan fingerprint density at radius 2 is 1.71 bits per heavy atom. The molecule has 3 nitrogen and oxygen atoms in total. The molecule has 0 aromatic carbocycles. The Morgan fingerprint density at radius 1 is 1.12 bits per heavy atom. The van der Waals surface area contributed by atoms with Crippen LogP contribution in [0.2, 0.25) is 0 Å². The number of carboxylic acids is 1. The van der Waals surface area contributed by atoms with Crippen molar-refractivity contribution in [3.05, 3.63) is 11.6 Å². The smallest absolute Gasteiger partial charge is 0.303 e. The van der Waals surface area contributed by atoms with Crippen LogP contribution in [0.1, 0.15) is 147 Å². The Balaban J connectivity index is 0. The highest BCUT2D eigenvalue weighted by Gasteiger charge is 2.41. The molecule has 3 heteroatoms. The number of allylic oxidation sites excluding steroid dienone is 2. The summed E-state index contributed by atoms with van der Waals surface area (Å²) < 4.78 is 0. The number of rotatable bonds is 13. The molecule has 1 saturated carbocycles. The van der Waals surface area contributed by atoms with Crippen molar-refractivity contribution in [2.45, 2.75) is 147 Å². The molecule has 1 aliphatic rings. The maximum Gasteiger partial charge on any atom is 0.303 e. The van der Waals surface area contributed by atoms with E-state index in [4.69, 9.17) is 5.11 Å². The second-order valence-electron chi connectivity index (χ2n) is 11.3. The van der Waals surface area contributed by atoms with Crippen LogP contribution in [-0.4, -0.2) is 16.9 Å². The largest absolute Gasteiger partial charge is 0.481 e. The molecule has 1 aliphatic carbocycles. The summed E-state index contributed by atoms with van der Waals surface area (Å²) >= 11 is 0. The summed E-state index contributed by atoms with van der Waals surface area (Å²) in [6, 6.07) is 0. The summed E-state index contributed by atoms with van der Waals surface area (Å²) in [6.45, 7) is 24.3. The molecule has 0 spiro atoms. The lowest BCUT2D eigenvalue weighted by Gasteiger charge is -2.38. The summed E-state index contributed by atoms with van der Waals surface area (Å²) in [7, 11) is 0. The van der Waals surface area contributed by atoms with Gasteiger partial charge in [-0.05, 0) is 55.3 Å². The van der Waals surface area contributed by atoms with E-state index >= 15 is 0 Å². The van der Waals surface area contributed by atoms with E-state index in [0.29, 0.717) is 35.4 Å². The van der Waals surface area contributed by atoms with Crippen molar-refractivity contribution in [3.63, 3.8) is 0 Å². The molecule has 0 amide bonds. The fourth-order valence-corrected chi connectivity index (χ4v) is 4.80. The third-order valence-corrected chi connectivity index (χ3v) is 8.58. The van der Waals surface area contributed by atoms with E-state index in [2.05, 4.69) is 68.4 Å². The fraction of sp³-hybridized carbons (Fsp3) is 0.871. The highest BCUT2D eigenvalue weighted by atomic mass is 16.4. The Labute approximate surface area is 213 Å². The van der Waals surface area contributed by atoms with Gasteiger partial charge in [-0.1, -0.05) is 113 Å². The molecule has 0 heterocycles. The summed E-state index contributed by atoms with van der Waals surface area (Å²) in [5.41, 5.74) is 1.72. The summed E-state index contributed by atoms with van der Waals surface area (Å²) in [5.74, 6) is 1.76. The van der Waals surface area contributed by atoms with Gasteiger partial charge in [-0.2, -0.15) is 0 Å². The van der Waals surface area contributed by atoms with Gasteiger partial charge in [-0.15, -0.1) is 0 Å². The van der Waals surface area contributed by atoms with Gasteiger partial charge in [0.25, 0.3) is 0 Å². The van der Waals surface area contributed by atoms with Crippen molar-refractivity contribution in [3.8, 4) is 0 Å². The van der Waals surface area contributed by atoms with E-state index < -0.39 is 5.97 Å². The monoisotopic (exact) mass is 480 g/mol. The first-order valence-corrected chi connectivity index (χ1v) is 14.3. The summed E-state index contributed by atoms with van der Waals surface area (Å²) in [5, 5.41) is 8.69. The Hall–Kier alpha value is -1.12. The topological polar surface area (TPSA) is 54.4 Å². The molecule has 3 unspecified atom stereocenters. The number of hydrogen-bond donors (Lipinski definition) is 1. The van der Waals surface area contributed by atoms with Gasteiger partial charge in [0.05, 0.1) is 0 Å². The van der Waals surface area contributed by atoms with Crippen molar-refractivity contribution in [1.29, 1.82) is 0 Å². The van der Waals surface area contributed by atoms with E-state index in [1.165, 1.54) is 37.7 Å². The molecule has 0 aromatic heterocycles. The highest BCUT2D eigenvalue weighted by molar-refractivity contribution is 5.86. The maximum absolute atomic E-state index is 11.5. The minimum atomic E-state index is -0.709. The number of hydrogen-bond acceptors (Lipinski definition) is 2. The quantitative estimate of drug-likeness (QED) is 0.211. The van der Waals surface area contributed by atoms with Crippen LogP contribution in [0.5, 0.6) is 0 Å². The first kappa shape index (κ1) is 35.0. The zero-order valence-corrected chi connectivity index (χ0v) is 24.9. The maximum atomic E-state index is 11.5. The van der Waals surface area contributed by atoms with Crippen LogP contribution in [0.25, 0.3) is 0 Å². The molecule has 0 aromatic rings. The lowest BCUT2D eigenvalue weighted by molar-refractivity contribution is -0.136. The number of unbranched alkanes of at least 4 members (excludes halogenated alkanes) is 2. The fourth-order valence-electron chi connectivity index (χ4n) is 4.80. The average Bonchev–Trinajstić information content (AvgIpc) is 3.05. The predicted octanol–water partition coefficient (Wildman–Crippen LogP) is 9.88. The van der Waals surface area contributed by atoms with Crippen LogP contribution in [0.3, 0.4) is 0 Å². The van der Waals surface area contributed by atoms with Gasteiger partial charge < -0.3 is 5.11 Å². The molecular formula is C31H60O3. The average molecular weight is 481 g/mol. The molecule has 0 bridgehead atoms. The molecule has 34 heavy (non-hydrogen) atoms. The molecule has 0 aliphatic heterocycles. The van der Waals surface area contributed by atoms with Crippen LogP contribution < -0.4 is 0 Å². The van der Waals surface area contributed by atoms with Crippen LogP contribution in [0, 0.1) is 28.6 Å². The molecular weight excluding hydrogens is 420 g/mol. The van der Waals surface area contributed by atoms with Crippen molar-refractivity contribution in [1.82, 2.24) is 0 Å². The molecule has 202 valence electrons. The van der Waals surface area contributed by atoms with Crippen molar-refractivity contribution >= 4 is 11.8 Å². The van der Waals surface area contributed by atoms with Gasteiger partial charge >= 0.3 is 5.97 Å². The van der Waals surface area contributed by atoms with Crippen LogP contribution in [0.15, 0.2) is 11.6 Å². The normalized spacial score (nSPS) is 19.4. The van der Waals surface area contributed by atoms with Gasteiger partial charge in [-0.25, -0.2) is 0 Å². The third-order valence-electron chi connectivity index (χ3n) is 8.58. The molecule has 1 N–H and O–H groups in total. The van der Waals surface area contributed by atoms with Crippen molar-refractivity contribution in [2.24, 2.45) is 28.6 Å². The highest BCUT2D eigenvalue weighted by Crippen LogP contribution is 2.42. The number of carboxylic acid groups (broad SMARTS) is 1. The van der Waals surface area contributed by atoms with E-state index in [9.17, 15) is 9.59 Å². The molecule has 0 radical (unpaired) electrons. The molecule has 1 fully saturated rings. The van der Waals surface area contributed by atoms with Gasteiger partial charge in [0, 0.05) is 18.3 Å². The molecule has 1 rings (SSSR count). The minimum Gasteiger partial charge on any atom is -0.481 e. The number of Topliss-reactive ketones (excluding diaryl/α,β-unsaturated/α-hetero) is 1. The Kier molecular flexibility index (Phi) is 18.7. The van der Waals surface area contributed by atoms with E-state index in [-0.39, 0.29) is 11.8 Å². The third kappa shape index (κ3) is 12.5. The van der Waals surface area contributed by atoms with Crippen molar-refractivity contribution in [2.75, 3.05) is 0 Å². The van der Waals surface area contributed by atoms with Crippen molar-refractivity contribution < 1.29 is 14.7 Å². The van der Waals surface area contributed by atoms with Gasteiger partial charge in [0.15, 0.2) is 0 Å². The number of aliphatic carboxylic acids is 1. The summed E-state index contributed by atoms with van der Waals surface area (Å²) in [4.78, 5) is 22.1. The second kappa shape index (κ2) is 18.2. The molecule has 0 saturated heterocycles. The lowest BCUT2D eigenvalue weighted by Crippen LogP contribution is -2.29. The first-order valence-electron chi connectivity index (χ1n) is 14.3. The summed E-state index contributed by atoms with van der Waals surface area (Å²) in [6.07, 6.45) is 13.5. The standard InChI is InChI=1S/C17H32O2.C12H22O.C2H6/c1-7-13(3)17(5,6)14(4)12-15(8-2)10-9-11-16(18)19;1-4-5-6-7-10-8-9-11(13)12(10,2)3;1-2/h10,13-14H,7-9,11-12H2,1-6H3,(H,18,19);10H,4-9H2,1-3H3;1-2H3/b15-10-;;. The van der Waals surface area contributed by atoms with Gasteiger partial charge in [0.1, 0.15) is 5.78 Å². The molecule has 3 atom stereocenters. The Morgan fingerprint density at radius 3 is 2.12 bits per heavy atom. The van der Waals surface area contributed by atoms with Gasteiger partial charge in [-0.3, -0.25) is 9.59 Å². The number of carbonyl (C=O) groups is 2. The van der Waals surface area contributed by atoms with Gasteiger partial charge in [0.2, 0.25) is 0 Å². The van der Waals surface area contributed by atoms with E-state index in [1.807, 2.05) is 13.8 Å². The van der Waals surface area contributed by atoms with Crippen LogP contribution in [0.4, 0.5) is 0 Å². The van der Waals surface area contributed by atoms with Crippen LogP contribution in [-0.2, 0) is 9.59 Å². The first-order chi connectivity index (χ1) is 15.8. The second-order valence-corrected chi connectivity index (χ2v) is 11.3. The number of carbonyl (C=O) groups excluding carboxylic acids is 1. The van der Waals surface area contributed by atoms with Crippen LogP contribution >= 0.6 is 0 Å². The van der Waals surface area contributed by atoms with E-state index in [0.717, 1.165) is 25.7 Å².